The van der Waals surface area contributed by atoms with Gasteiger partial charge in [-0.05, 0) is 143 Å². The van der Waals surface area contributed by atoms with Gasteiger partial charge in [0.05, 0.1) is 5.54 Å². The highest BCUT2D eigenvalue weighted by Crippen LogP contribution is 2.62. The summed E-state index contributed by atoms with van der Waals surface area (Å²) in [6.45, 7) is 21.6. The van der Waals surface area contributed by atoms with Crippen LogP contribution in [0, 0.1) is 6.92 Å². The molecule has 3 aliphatic heterocycles. The van der Waals surface area contributed by atoms with Gasteiger partial charge in [0.25, 0.3) is 6.71 Å². The third kappa shape index (κ3) is 5.25. The van der Waals surface area contributed by atoms with Gasteiger partial charge in [-0.2, -0.15) is 0 Å². The second-order valence-electron chi connectivity index (χ2n) is 19.9. The maximum Gasteiger partial charge on any atom is 0.252 e. The summed E-state index contributed by atoms with van der Waals surface area (Å²) < 4.78 is 0. The molecule has 3 heterocycles. The van der Waals surface area contributed by atoms with Gasteiger partial charge in [0.15, 0.2) is 0 Å². The highest BCUT2D eigenvalue weighted by molar-refractivity contribution is 7.00. The van der Waals surface area contributed by atoms with E-state index in [-0.39, 0.29) is 28.5 Å². The van der Waals surface area contributed by atoms with E-state index in [1.165, 1.54) is 110 Å². The maximum atomic E-state index is 2.86. The first-order valence-electron chi connectivity index (χ1n) is 21.3. The highest BCUT2D eigenvalue weighted by Gasteiger charge is 2.61. The molecule has 10 rings (SSSR count). The lowest BCUT2D eigenvalue weighted by molar-refractivity contribution is 0.195. The van der Waals surface area contributed by atoms with Crippen molar-refractivity contribution in [2.45, 2.75) is 110 Å². The summed E-state index contributed by atoms with van der Waals surface area (Å²) in [6, 6.07) is 48.9. The molecule has 4 heteroatoms. The lowest BCUT2D eigenvalue weighted by Gasteiger charge is -2.53. The number of rotatable bonds is 4. The first kappa shape index (κ1) is 36.1. The average Bonchev–Trinajstić information content (AvgIpc) is 3.40. The van der Waals surface area contributed by atoms with Crippen LogP contribution < -0.4 is 31.1 Å². The van der Waals surface area contributed by atoms with Crippen LogP contribution >= 0.6 is 0 Å². The van der Waals surface area contributed by atoms with E-state index in [1.54, 1.807) is 0 Å². The number of anilines is 8. The van der Waals surface area contributed by atoms with Gasteiger partial charge in [0, 0.05) is 50.9 Å². The van der Waals surface area contributed by atoms with E-state index in [0.717, 1.165) is 0 Å². The quantitative estimate of drug-likeness (QED) is 0.166. The first-order chi connectivity index (χ1) is 27.2. The van der Waals surface area contributed by atoms with E-state index < -0.39 is 0 Å². The number of aryl methyl sites for hydroxylation is 1. The number of hydrogen-bond acceptors (Lipinski definition) is 3. The van der Waals surface area contributed by atoms with Gasteiger partial charge in [-0.25, -0.2) is 0 Å². The van der Waals surface area contributed by atoms with Crippen LogP contribution in [0.4, 0.5) is 45.5 Å². The Balaban J connectivity index is 1.32. The fourth-order valence-electron chi connectivity index (χ4n) is 11.0. The number of fused-ring (bicyclic) bond motifs is 7. The third-order valence-corrected chi connectivity index (χ3v) is 14.3. The zero-order valence-electron chi connectivity index (χ0n) is 35.4. The second-order valence-corrected chi connectivity index (χ2v) is 19.9. The lowest BCUT2D eigenvalue weighted by Crippen LogP contribution is -2.64. The summed E-state index contributed by atoms with van der Waals surface area (Å²) in [4.78, 5) is 7.97. The summed E-state index contributed by atoms with van der Waals surface area (Å²) in [7, 11) is 0. The van der Waals surface area contributed by atoms with E-state index >= 15 is 0 Å². The van der Waals surface area contributed by atoms with Crippen molar-refractivity contribution in [1.29, 1.82) is 0 Å². The molecule has 0 radical (unpaired) electrons. The maximum absolute atomic E-state index is 2.86. The molecule has 286 valence electrons. The molecule has 4 aliphatic rings. The summed E-state index contributed by atoms with van der Waals surface area (Å²) in [5.74, 6) is 0. The minimum Gasteiger partial charge on any atom is -0.335 e. The molecule has 1 fully saturated rings. The Labute approximate surface area is 341 Å². The summed E-state index contributed by atoms with van der Waals surface area (Å²) >= 11 is 0. The van der Waals surface area contributed by atoms with Gasteiger partial charge in [-0.1, -0.05) is 122 Å². The van der Waals surface area contributed by atoms with Crippen molar-refractivity contribution in [2.75, 3.05) is 14.7 Å². The van der Waals surface area contributed by atoms with Crippen LogP contribution in [0.3, 0.4) is 0 Å². The van der Waals surface area contributed by atoms with Crippen LogP contribution in [0.15, 0.2) is 127 Å². The molecule has 1 aliphatic carbocycles. The largest absolute Gasteiger partial charge is 0.335 e. The van der Waals surface area contributed by atoms with Crippen molar-refractivity contribution in [3.63, 3.8) is 0 Å². The highest BCUT2D eigenvalue weighted by atomic mass is 15.3. The summed E-state index contributed by atoms with van der Waals surface area (Å²) in [6.07, 6.45) is 4.86. The van der Waals surface area contributed by atoms with Crippen LogP contribution in [0.2, 0.25) is 0 Å². The van der Waals surface area contributed by atoms with Crippen molar-refractivity contribution in [3.05, 3.63) is 150 Å². The monoisotopic (exact) mass is 745 g/mol. The second kappa shape index (κ2) is 12.4. The molecule has 6 aromatic carbocycles. The molecule has 6 aromatic rings. The minimum absolute atomic E-state index is 0.00126. The zero-order valence-corrected chi connectivity index (χ0v) is 35.4. The lowest BCUT2D eigenvalue weighted by atomic mass is 9.33. The van der Waals surface area contributed by atoms with Crippen LogP contribution in [0.5, 0.6) is 0 Å². The normalized spacial score (nSPS) is 20.5. The van der Waals surface area contributed by atoms with E-state index in [0.29, 0.717) is 0 Å². The summed E-state index contributed by atoms with van der Waals surface area (Å²) in [5.41, 5.74) is 20.0. The van der Waals surface area contributed by atoms with Gasteiger partial charge in [-0.15, -0.1) is 0 Å². The molecule has 0 N–H and O–H groups in total. The Morgan fingerprint density at radius 3 is 1.88 bits per heavy atom. The molecule has 0 aromatic heterocycles. The smallest absolute Gasteiger partial charge is 0.252 e. The molecule has 2 atom stereocenters. The minimum atomic E-state index is -0.0643. The standard InChI is InChI=1S/C53H56BN3/c1-35-29-46-48-47(30-35)57-49-42(52(8)27-16-17-28-53(52,57)9)33-41(55(38-20-12-10-13-21-38)39-22-14-11-15-23-39)34-44(49)54(48)43-26-25-37(51(5,6)7)32-45(43)56(46)40-24-18-19-36(31-40)50(2,3)4/h10-15,18-26,29-34H,16-17,27-28H2,1-9H3. The number of hydrogen-bond donors (Lipinski definition) is 0. The predicted octanol–water partition coefficient (Wildman–Crippen LogP) is 12.4. The van der Waals surface area contributed by atoms with Crippen molar-refractivity contribution in [1.82, 2.24) is 0 Å². The third-order valence-electron chi connectivity index (χ3n) is 14.3. The molecule has 0 amide bonds. The van der Waals surface area contributed by atoms with E-state index in [2.05, 4.69) is 204 Å². The van der Waals surface area contributed by atoms with Crippen molar-refractivity contribution in [3.8, 4) is 0 Å². The molecule has 57 heavy (non-hydrogen) atoms. The molecular formula is C53H56BN3. The van der Waals surface area contributed by atoms with Crippen molar-refractivity contribution in [2.24, 2.45) is 0 Å². The molecule has 0 spiro atoms. The van der Waals surface area contributed by atoms with Crippen LogP contribution in [0.1, 0.15) is 103 Å². The van der Waals surface area contributed by atoms with Crippen molar-refractivity contribution < 1.29 is 0 Å². The fourth-order valence-corrected chi connectivity index (χ4v) is 11.0. The molecular weight excluding hydrogens is 689 g/mol. The number of benzene rings is 6. The van der Waals surface area contributed by atoms with Crippen LogP contribution in [-0.2, 0) is 16.2 Å². The SMILES string of the molecule is Cc1cc2c3c(c1)N1c4c(cc(N(c5ccccc5)c5ccccc5)cc4C4(C)CCCCC14C)B3c1ccc(C(C)(C)C)cc1N2c1cccc(C(C)(C)C)c1. The van der Waals surface area contributed by atoms with Crippen molar-refractivity contribution >= 4 is 68.6 Å². The molecule has 3 nitrogen and oxygen atoms in total. The first-order valence-corrected chi connectivity index (χ1v) is 21.3. The Bertz CT molecular complexity index is 2520. The Kier molecular flexibility index (Phi) is 7.86. The van der Waals surface area contributed by atoms with Gasteiger partial charge in [0.1, 0.15) is 0 Å². The topological polar surface area (TPSA) is 9.72 Å². The number of nitrogens with zero attached hydrogens (tertiary/aromatic N) is 3. The van der Waals surface area contributed by atoms with E-state index in [9.17, 15) is 0 Å². The van der Waals surface area contributed by atoms with Gasteiger partial charge >= 0.3 is 0 Å². The average molecular weight is 746 g/mol. The molecule has 0 saturated heterocycles. The molecule has 0 bridgehead atoms. The Morgan fingerprint density at radius 2 is 1.21 bits per heavy atom. The van der Waals surface area contributed by atoms with Gasteiger partial charge in [-0.3, -0.25) is 0 Å². The predicted molar refractivity (Wildman–Crippen MR) is 245 cm³/mol. The zero-order chi connectivity index (χ0) is 39.6. The number of para-hydroxylation sites is 2. The molecule has 1 saturated carbocycles. The van der Waals surface area contributed by atoms with Gasteiger partial charge in [0.2, 0.25) is 0 Å². The van der Waals surface area contributed by atoms with E-state index in [1.807, 2.05) is 0 Å². The van der Waals surface area contributed by atoms with Crippen LogP contribution in [0.25, 0.3) is 0 Å². The van der Waals surface area contributed by atoms with Crippen LogP contribution in [-0.4, -0.2) is 12.3 Å². The fraction of sp³-hybridized carbons (Fsp3) is 0.321. The summed E-state index contributed by atoms with van der Waals surface area (Å²) in [5, 5.41) is 0. The van der Waals surface area contributed by atoms with Gasteiger partial charge < -0.3 is 14.7 Å². The van der Waals surface area contributed by atoms with E-state index in [4.69, 9.17) is 0 Å². The molecule has 2 unspecified atom stereocenters. The Hall–Kier alpha value is -5.22. The Morgan fingerprint density at radius 1 is 0.579 bits per heavy atom.